The fourth-order valence-corrected chi connectivity index (χ4v) is 2.08. The second kappa shape index (κ2) is 5.82. The van der Waals surface area contributed by atoms with Crippen LogP contribution >= 0.6 is 0 Å². The molecule has 0 unspecified atom stereocenters. The number of fused-ring (bicyclic) bond motifs is 1. The zero-order valence-electron chi connectivity index (χ0n) is 11.7. The van der Waals surface area contributed by atoms with Gasteiger partial charge in [0.25, 0.3) is 0 Å². The Morgan fingerprint density at radius 1 is 1.35 bits per heavy atom. The number of hydrogen-bond donors (Lipinski definition) is 0. The number of hydrogen-bond acceptors (Lipinski definition) is 3. The number of pyridine rings is 1. The smallest absolute Gasteiger partial charge is 0.330 e. The van der Waals surface area contributed by atoms with Crippen LogP contribution in [-0.2, 0) is 9.53 Å². The molecule has 4 heteroatoms. The van der Waals surface area contributed by atoms with E-state index in [9.17, 15) is 9.18 Å². The van der Waals surface area contributed by atoms with E-state index < -0.39 is 11.8 Å². The zero-order chi connectivity index (χ0) is 14.7. The third kappa shape index (κ3) is 3.02. The number of halogens is 1. The molecule has 2 rings (SSSR count). The number of benzene rings is 1. The van der Waals surface area contributed by atoms with E-state index in [-0.39, 0.29) is 0 Å². The predicted octanol–water partition coefficient (Wildman–Crippen LogP) is 3.57. The van der Waals surface area contributed by atoms with Crippen LogP contribution < -0.4 is 0 Å². The Balaban J connectivity index is 2.45. The lowest BCUT2D eigenvalue weighted by molar-refractivity contribution is -0.137. The maximum Gasteiger partial charge on any atom is 0.330 e. The van der Waals surface area contributed by atoms with Gasteiger partial charge in [0.1, 0.15) is 11.3 Å². The zero-order valence-corrected chi connectivity index (χ0v) is 11.7. The summed E-state index contributed by atoms with van der Waals surface area (Å²) in [6.45, 7) is 5.80. The van der Waals surface area contributed by atoms with Crippen molar-refractivity contribution in [2.45, 2.75) is 20.8 Å². The second-order valence-electron chi connectivity index (χ2n) is 4.56. The van der Waals surface area contributed by atoms with Gasteiger partial charge in [0.2, 0.25) is 0 Å². The Morgan fingerprint density at radius 2 is 2.10 bits per heavy atom. The summed E-state index contributed by atoms with van der Waals surface area (Å²) in [5.41, 5.74) is 2.70. The SMILES string of the molecule is CCOC(=O)/C=C/c1cc(F)c2nc(C)cc(C)c2c1. The van der Waals surface area contributed by atoms with E-state index in [1.165, 1.54) is 12.1 Å². The van der Waals surface area contributed by atoms with Crippen molar-refractivity contribution < 1.29 is 13.9 Å². The Bertz CT molecular complexity index is 692. The number of carbonyl (C=O) groups is 1. The molecule has 0 spiro atoms. The highest BCUT2D eigenvalue weighted by Gasteiger charge is 2.07. The van der Waals surface area contributed by atoms with Gasteiger partial charge in [0, 0.05) is 17.2 Å². The van der Waals surface area contributed by atoms with Gasteiger partial charge in [-0.05, 0) is 56.2 Å². The van der Waals surface area contributed by atoms with Crippen molar-refractivity contribution in [3.63, 3.8) is 0 Å². The summed E-state index contributed by atoms with van der Waals surface area (Å²) in [7, 11) is 0. The minimum Gasteiger partial charge on any atom is -0.463 e. The third-order valence-corrected chi connectivity index (χ3v) is 2.92. The lowest BCUT2D eigenvalue weighted by Gasteiger charge is -2.06. The van der Waals surface area contributed by atoms with Gasteiger partial charge in [-0.15, -0.1) is 0 Å². The molecule has 0 saturated carbocycles. The molecule has 0 bridgehead atoms. The van der Waals surface area contributed by atoms with Crippen LogP contribution in [0.2, 0.25) is 0 Å². The van der Waals surface area contributed by atoms with Crippen LogP contribution in [0.3, 0.4) is 0 Å². The van der Waals surface area contributed by atoms with E-state index in [0.29, 0.717) is 17.7 Å². The first kappa shape index (κ1) is 14.2. The standard InChI is InChI=1S/C16H16FNO2/c1-4-20-15(19)6-5-12-8-13-10(2)7-11(3)18-16(13)14(17)9-12/h5-9H,4H2,1-3H3/b6-5+. The number of carbonyl (C=O) groups excluding carboxylic acids is 1. The van der Waals surface area contributed by atoms with Gasteiger partial charge in [-0.2, -0.15) is 0 Å². The van der Waals surface area contributed by atoms with Gasteiger partial charge in [-0.1, -0.05) is 0 Å². The van der Waals surface area contributed by atoms with Gasteiger partial charge >= 0.3 is 5.97 Å². The molecule has 20 heavy (non-hydrogen) atoms. The monoisotopic (exact) mass is 273 g/mol. The van der Waals surface area contributed by atoms with Gasteiger partial charge < -0.3 is 4.74 Å². The number of aromatic nitrogens is 1. The average molecular weight is 273 g/mol. The lowest BCUT2D eigenvalue weighted by atomic mass is 10.0. The quantitative estimate of drug-likeness (QED) is 0.634. The van der Waals surface area contributed by atoms with Gasteiger partial charge in [-0.25, -0.2) is 9.18 Å². The number of rotatable bonds is 3. The lowest BCUT2D eigenvalue weighted by Crippen LogP contribution is -1.98. The summed E-state index contributed by atoms with van der Waals surface area (Å²) in [5, 5.41) is 0.749. The summed E-state index contributed by atoms with van der Waals surface area (Å²) >= 11 is 0. The molecule has 0 atom stereocenters. The maximum absolute atomic E-state index is 14.1. The normalized spacial score (nSPS) is 11.2. The molecule has 104 valence electrons. The Morgan fingerprint density at radius 3 is 2.80 bits per heavy atom. The first-order valence-corrected chi connectivity index (χ1v) is 6.43. The number of aryl methyl sites for hydroxylation is 2. The molecule has 0 fully saturated rings. The van der Waals surface area contributed by atoms with Crippen LogP contribution in [-0.4, -0.2) is 17.6 Å². The highest BCUT2D eigenvalue weighted by Crippen LogP contribution is 2.23. The van der Waals surface area contributed by atoms with E-state index in [2.05, 4.69) is 4.98 Å². The second-order valence-corrected chi connectivity index (χ2v) is 4.56. The summed E-state index contributed by atoms with van der Waals surface area (Å²) < 4.78 is 18.9. The van der Waals surface area contributed by atoms with Crippen LogP contribution in [0.25, 0.3) is 17.0 Å². The topological polar surface area (TPSA) is 39.2 Å². The van der Waals surface area contributed by atoms with E-state index in [4.69, 9.17) is 4.74 Å². The van der Waals surface area contributed by atoms with Crippen LogP contribution in [0, 0.1) is 19.7 Å². The van der Waals surface area contributed by atoms with Crippen LogP contribution in [0.1, 0.15) is 23.7 Å². The van der Waals surface area contributed by atoms with Gasteiger partial charge in [0.05, 0.1) is 6.61 Å². The Labute approximate surface area is 117 Å². The van der Waals surface area contributed by atoms with Gasteiger partial charge in [0.15, 0.2) is 0 Å². The first-order valence-electron chi connectivity index (χ1n) is 6.43. The molecule has 1 aromatic carbocycles. The molecule has 0 aliphatic rings. The molecule has 0 N–H and O–H groups in total. The van der Waals surface area contributed by atoms with E-state index in [1.807, 2.05) is 26.0 Å². The van der Waals surface area contributed by atoms with Crippen LogP contribution in [0.4, 0.5) is 4.39 Å². The summed E-state index contributed by atoms with van der Waals surface area (Å²) in [6.07, 6.45) is 2.83. The third-order valence-electron chi connectivity index (χ3n) is 2.92. The maximum atomic E-state index is 14.1. The van der Waals surface area contributed by atoms with E-state index in [1.54, 1.807) is 13.0 Å². The highest BCUT2D eigenvalue weighted by molar-refractivity contribution is 5.89. The largest absolute Gasteiger partial charge is 0.463 e. The molecule has 2 aromatic rings. The molecule has 0 aliphatic heterocycles. The molecular weight excluding hydrogens is 257 g/mol. The molecule has 0 saturated heterocycles. The predicted molar refractivity (Wildman–Crippen MR) is 76.8 cm³/mol. The summed E-state index contributed by atoms with van der Waals surface area (Å²) in [6, 6.07) is 5.08. The summed E-state index contributed by atoms with van der Waals surface area (Å²) in [5.74, 6) is -0.829. The van der Waals surface area contributed by atoms with Crippen molar-refractivity contribution >= 4 is 22.9 Å². The number of esters is 1. The van der Waals surface area contributed by atoms with Crippen molar-refractivity contribution in [2.75, 3.05) is 6.61 Å². The first-order chi connectivity index (χ1) is 9.51. The minimum atomic E-state index is -0.438. The van der Waals surface area contributed by atoms with Crippen molar-refractivity contribution in [3.05, 3.63) is 46.9 Å². The molecular formula is C16H16FNO2. The van der Waals surface area contributed by atoms with Gasteiger partial charge in [-0.3, -0.25) is 4.98 Å². The van der Waals surface area contributed by atoms with Crippen molar-refractivity contribution in [3.8, 4) is 0 Å². The Kier molecular flexibility index (Phi) is 4.13. The minimum absolute atomic E-state index is 0.317. The fourth-order valence-electron chi connectivity index (χ4n) is 2.08. The molecule has 1 aromatic heterocycles. The fraction of sp³-hybridized carbons (Fsp3) is 0.250. The molecule has 0 aliphatic carbocycles. The highest BCUT2D eigenvalue weighted by atomic mass is 19.1. The summed E-state index contributed by atoms with van der Waals surface area (Å²) in [4.78, 5) is 15.5. The van der Waals surface area contributed by atoms with E-state index in [0.717, 1.165) is 16.6 Å². The van der Waals surface area contributed by atoms with Crippen molar-refractivity contribution in [2.24, 2.45) is 0 Å². The van der Waals surface area contributed by atoms with Crippen molar-refractivity contribution in [1.29, 1.82) is 0 Å². The average Bonchev–Trinajstić information content (AvgIpc) is 2.38. The van der Waals surface area contributed by atoms with Crippen LogP contribution in [0.15, 0.2) is 24.3 Å². The van der Waals surface area contributed by atoms with Crippen molar-refractivity contribution in [1.82, 2.24) is 4.98 Å². The Hall–Kier alpha value is -2.23. The number of nitrogens with zero attached hydrogens (tertiary/aromatic N) is 1. The molecule has 1 heterocycles. The molecule has 0 radical (unpaired) electrons. The van der Waals surface area contributed by atoms with E-state index >= 15 is 0 Å². The molecule has 0 amide bonds. The van der Waals surface area contributed by atoms with Crippen LogP contribution in [0.5, 0.6) is 0 Å². The molecule has 3 nitrogen and oxygen atoms in total. The number of ether oxygens (including phenoxy) is 1.